The zero-order chi connectivity index (χ0) is 17.5. The van der Waals surface area contributed by atoms with Crippen molar-refractivity contribution in [3.05, 3.63) is 18.0 Å². The van der Waals surface area contributed by atoms with E-state index in [-0.39, 0.29) is 22.9 Å². The highest BCUT2D eigenvalue weighted by Gasteiger charge is 2.33. The number of carbonyl (C=O) groups is 1. The summed E-state index contributed by atoms with van der Waals surface area (Å²) < 4.78 is 28.6. The van der Waals surface area contributed by atoms with Crippen molar-refractivity contribution in [2.24, 2.45) is 7.05 Å². The van der Waals surface area contributed by atoms with Crippen molar-refractivity contribution in [2.45, 2.75) is 62.9 Å². The molecule has 2 aliphatic heterocycles. The van der Waals surface area contributed by atoms with E-state index < -0.39 is 10.0 Å². The maximum atomic E-state index is 13.0. The average molecular weight is 353 g/mol. The van der Waals surface area contributed by atoms with Crippen molar-refractivity contribution in [1.29, 1.82) is 0 Å². The number of hydrogen-bond donors (Lipinski definition) is 0. The highest BCUT2D eigenvalue weighted by Crippen LogP contribution is 2.27. The first-order chi connectivity index (χ1) is 11.3. The molecule has 7 heteroatoms. The Bertz CT molecular complexity index is 709. The first-order valence-corrected chi connectivity index (χ1v) is 10.3. The lowest BCUT2D eigenvalue weighted by molar-refractivity contribution is 0.0501. The van der Waals surface area contributed by atoms with Crippen LogP contribution in [0.15, 0.2) is 17.2 Å². The molecule has 2 atom stereocenters. The van der Waals surface area contributed by atoms with Crippen LogP contribution in [-0.2, 0) is 17.1 Å². The summed E-state index contributed by atoms with van der Waals surface area (Å²) in [6, 6.07) is 1.92. The fourth-order valence-electron chi connectivity index (χ4n) is 3.92. The van der Waals surface area contributed by atoms with Crippen molar-refractivity contribution >= 4 is 15.9 Å². The minimum atomic E-state index is -3.49. The molecule has 2 fully saturated rings. The number of hydrogen-bond acceptors (Lipinski definition) is 3. The zero-order valence-corrected chi connectivity index (χ0v) is 15.6. The number of aryl methyl sites for hydroxylation is 1. The van der Waals surface area contributed by atoms with Gasteiger partial charge in [0, 0.05) is 38.4 Å². The SMILES string of the molecule is C[C@@H]1CCC[C@@H](C)N1C(=O)c1cc(S(=O)(=O)N2CCCC2)cn1C. The summed E-state index contributed by atoms with van der Waals surface area (Å²) in [5.74, 6) is -0.0694. The van der Waals surface area contributed by atoms with E-state index >= 15 is 0 Å². The zero-order valence-electron chi connectivity index (χ0n) is 14.7. The minimum absolute atomic E-state index is 0.0694. The van der Waals surface area contributed by atoms with Gasteiger partial charge in [-0.1, -0.05) is 0 Å². The van der Waals surface area contributed by atoms with Gasteiger partial charge < -0.3 is 9.47 Å². The van der Waals surface area contributed by atoms with Crippen LogP contribution in [0.3, 0.4) is 0 Å². The Kier molecular flexibility index (Phi) is 4.75. The van der Waals surface area contributed by atoms with Gasteiger partial charge in [0.1, 0.15) is 10.6 Å². The lowest BCUT2D eigenvalue weighted by Crippen LogP contribution is -2.47. The van der Waals surface area contributed by atoms with E-state index in [2.05, 4.69) is 13.8 Å². The molecule has 24 heavy (non-hydrogen) atoms. The molecule has 2 saturated heterocycles. The molecule has 134 valence electrons. The third-order valence-electron chi connectivity index (χ3n) is 5.33. The molecule has 1 aromatic rings. The standard InChI is InChI=1S/C17H27N3O3S/c1-13-7-6-8-14(2)20(13)17(21)16-11-15(12-18(16)3)24(22,23)19-9-4-5-10-19/h11-14H,4-10H2,1-3H3/t13-,14-/m1/s1. The Balaban J connectivity index is 1.90. The Morgan fingerprint density at radius 2 is 1.67 bits per heavy atom. The molecule has 3 heterocycles. The maximum Gasteiger partial charge on any atom is 0.270 e. The van der Waals surface area contributed by atoms with Crippen LogP contribution < -0.4 is 0 Å². The van der Waals surface area contributed by atoms with Crippen LogP contribution in [0.25, 0.3) is 0 Å². The number of nitrogens with zero attached hydrogens (tertiary/aromatic N) is 3. The van der Waals surface area contributed by atoms with E-state index in [1.807, 2.05) is 4.90 Å². The molecule has 0 saturated carbocycles. The molecule has 0 unspecified atom stereocenters. The van der Waals surface area contributed by atoms with Crippen LogP contribution in [0.2, 0.25) is 0 Å². The van der Waals surface area contributed by atoms with E-state index in [1.54, 1.807) is 23.9 Å². The highest BCUT2D eigenvalue weighted by atomic mass is 32.2. The summed E-state index contributed by atoms with van der Waals surface area (Å²) in [5.41, 5.74) is 0.452. The summed E-state index contributed by atoms with van der Waals surface area (Å²) in [4.78, 5) is 15.1. The largest absolute Gasteiger partial charge is 0.345 e. The van der Waals surface area contributed by atoms with Gasteiger partial charge in [0.15, 0.2) is 0 Å². The van der Waals surface area contributed by atoms with Gasteiger partial charge in [-0.25, -0.2) is 8.42 Å². The van der Waals surface area contributed by atoms with Crippen molar-refractivity contribution in [2.75, 3.05) is 13.1 Å². The maximum absolute atomic E-state index is 13.0. The van der Waals surface area contributed by atoms with E-state index in [0.717, 1.165) is 32.1 Å². The lowest BCUT2D eigenvalue weighted by Gasteiger charge is -2.39. The summed E-state index contributed by atoms with van der Waals surface area (Å²) in [5, 5.41) is 0. The average Bonchev–Trinajstić information content (AvgIpc) is 3.16. The van der Waals surface area contributed by atoms with Gasteiger partial charge in [-0.3, -0.25) is 4.79 Å². The predicted molar refractivity (Wildman–Crippen MR) is 92.4 cm³/mol. The molecule has 2 aliphatic rings. The Labute approximate surface area is 144 Å². The van der Waals surface area contributed by atoms with E-state index in [4.69, 9.17) is 0 Å². The molecular weight excluding hydrogens is 326 g/mol. The summed E-state index contributed by atoms with van der Waals surface area (Å²) in [7, 11) is -1.74. The Hall–Kier alpha value is -1.34. The van der Waals surface area contributed by atoms with E-state index in [0.29, 0.717) is 18.8 Å². The molecule has 0 radical (unpaired) electrons. The summed E-state index contributed by atoms with van der Waals surface area (Å²) in [6.07, 6.45) is 6.51. The second kappa shape index (κ2) is 6.52. The molecule has 0 bridgehead atoms. The Morgan fingerprint density at radius 1 is 1.08 bits per heavy atom. The van der Waals surface area contributed by atoms with Gasteiger partial charge in [0.2, 0.25) is 10.0 Å². The van der Waals surface area contributed by atoms with Crippen LogP contribution in [0.5, 0.6) is 0 Å². The third kappa shape index (κ3) is 2.99. The summed E-state index contributed by atoms with van der Waals surface area (Å²) in [6.45, 7) is 5.28. The van der Waals surface area contributed by atoms with Gasteiger partial charge in [0.05, 0.1) is 0 Å². The van der Waals surface area contributed by atoms with Gasteiger partial charge in [-0.05, 0) is 52.0 Å². The molecule has 6 nitrogen and oxygen atoms in total. The number of likely N-dealkylation sites (tertiary alicyclic amines) is 1. The normalized spacial score (nSPS) is 26.0. The number of piperidine rings is 1. The second-order valence-corrected chi connectivity index (χ2v) is 9.06. The van der Waals surface area contributed by atoms with Crippen LogP contribution in [0.1, 0.15) is 56.4 Å². The fraction of sp³-hybridized carbons (Fsp3) is 0.706. The fourth-order valence-corrected chi connectivity index (χ4v) is 5.51. The monoisotopic (exact) mass is 353 g/mol. The molecule has 1 aromatic heterocycles. The number of aromatic nitrogens is 1. The first kappa shape index (κ1) is 17.5. The molecule has 0 aliphatic carbocycles. The third-order valence-corrected chi connectivity index (χ3v) is 7.19. The number of rotatable bonds is 3. The molecule has 0 spiro atoms. The van der Waals surface area contributed by atoms with Gasteiger partial charge in [-0.2, -0.15) is 4.31 Å². The van der Waals surface area contributed by atoms with Crippen LogP contribution >= 0.6 is 0 Å². The minimum Gasteiger partial charge on any atom is -0.345 e. The highest BCUT2D eigenvalue weighted by molar-refractivity contribution is 7.89. The quantitative estimate of drug-likeness (QED) is 0.837. The molecule has 1 amide bonds. The van der Waals surface area contributed by atoms with Crippen LogP contribution in [0, 0.1) is 0 Å². The van der Waals surface area contributed by atoms with E-state index in [9.17, 15) is 13.2 Å². The van der Waals surface area contributed by atoms with Crippen LogP contribution in [-0.4, -0.2) is 53.3 Å². The smallest absolute Gasteiger partial charge is 0.270 e. The number of amides is 1. The number of sulfonamides is 1. The predicted octanol–water partition coefficient (Wildman–Crippen LogP) is 2.21. The first-order valence-electron chi connectivity index (χ1n) is 8.81. The van der Waals surface area contributed by atoms with Crippen molar-refractivity contribution in [3.63, 3.8) is 0 Å². The molecule has 0 aromatic carbocycles. The van der Waals surface area contributed by atoms with Crippen molar-refractivity contribution in [1.82, 2.24) is 13.8 Å². The van der Waals surface area contributed by atoms with Crippen LogP contribution in [0.4, 0.5) is 0 Å². The van der Waals surface area contributed by atoms with Gasteiger partial charge in [0.25, 0.3) is 5.91 Å². The molecular formula is C17H27N3O3S. The van der Waals surface area contributed by atoms with Crippen molar-refractivity contribution in [3.8, 4) is 0 Å². The molecule has 3 rings (SSSR count). The Morgan fingerprint density at radius 3 is 2.25 bits per heavy atom. The molecule has 0 N–H and O–H groups in total. The van der Waals surface area contributed by atoms with Gasteiger partial charge in [-0.15, -0.1) is 0 Å². The topological polar surface area (TPSA) is 62.6 Å². The van der Waals surface area contributed by atoms with E-state index in [1.165, 1.54) is 4.31 Å². The summed E-state index contributed by atoms with van der Waals surface area (Å²) >= 11 is 0. The second-order valence-electron chi connectivity index (χ2n) is 7.12. The van der Waals surface area contributed by atoms with Crippen molar-refractivity contribution < 1.29 is 13.2 Å². The lowest BCUT2D eigenvalue weighted by atomic mass is 9.97. The number of carbonyl (C=O) groups excluding carboxylic acids is 1. The van der Waals surface area contributed by atoms with Gasteiger partial charge >= 0.3 is 0 Å².